The molecule has 27 heavy (non-hydrogen) atoms. The Morgan fingerprint density at radius 2 is 1.81 bits per heavy atom. The minimum absolute atomic E-state index is 0.239. The van der Waals surface area contributed by atoms with Gasteiger partial charge in [0.05, 0.1) is 9.71 Å². The molecule has 0 saturated carbocycles. The van der Waals surface area contributed by atoms with E-state index in [1.165, 1.54) is 35.6 Å². The third-order valence-electron chi connectivity index (χ3n) is 4.11. The fourth-order valence-electron chi connectivity index (χ4n) is 2.82. The van der Waals surface area contributed by atoms with E-state index in [9.17, 15) is 14.0 Å². The fourth-order valence-corrected chi connectivity index (χ4v) is 3.74. The zero-order chi connectivity index (χ0) is 19.0. The minimum Gasteiger partial charge on any atom is -0.292 e. The number of benzene rings is 2. The highest BCUT2D eigenvalue weighted by atomic mass is 32.1. The van der Waals surface area contributed by atoms with Crippen LogP contribution in [0, 0.1) is 12.7 Å². The maximum Gasteiger partial charge on any atom is 0.294 e. The van der Waals surface area contributed by atoms with Gasteiger partial charge in [0.1, 0.15) is 18.1 Å². The van der Waals surface area contributed by atoms with E-state index in [1.807, 2.05) is 37.3 Å². The SMILES string of the molecule is Cc1nc2c(=O)n(CC(=O)c3ccc(F)cc3)nc(-c3ccccc3)c2s1. The maximum absolute atomic E-state index is 13.1. The Balaban J connectivity index is 1.83. The third kappa shape index (κ3) is 3.29. The molecule has 2 heterocycles. The van der Waals surface area contributed by atoms with Crippen LogP contribution in [0.25, 0.3) is 21.5 Å². The van der Waals surface area contributed by atoms with Crippen molar-refractivity contribution >= 4 is 27.3 Å². The molecule has 4 aromatic rings. The molecular weight excluding hydrogens is 365 g/mol. The fraction of sp³-hybridized carbons (Fsp3) is 0.100. The predicted molar refractivity (Wildman–Crippen MR) is 103 cm³/mol. The van der Waals surface area contributed by atoms with Crippen LogP contribution in [-0.2, 0) is 6.54 Å². The number of carbonyl (C=O) groups excluding carboxylic acids is 1. The first kappa shape index (κ1) is 17.2. The van der Waals surface area contributed by atoms with E-state index >= 15 is 0 Å². The second-order valence-electron chi connectivity index (χ2n) is 6.02. The van der Waals surface area contributed by atoms with Gasteiger partial charge in [-0.15, -0.1) is 11.3 Å². The molecule has 134 valence electrons. The van der Waals surface area contributed by atoms with E-state index in [0.29, 0.717) is 21.5 Å². The molecule has 0 aliphatic rings. The molecule has 0 atom stereocenters. The Labute approximate surface area is 157 Å². The summed E-state index contributed by atoms with van der Waals surface area (Å²) < 4.78 is 14.9. The summed E-state index contributed by atoms with van der Waals surface area (Å²) in [7, 11) is 0. The molecule has 7 heteroatoms. The Morgan fingerprint density at radius 3 is 2.52 bits per heavy atom. The van der Waals surface area contributed by atoms with Crippen LogP contribution in [0.4, 0.5) is 4.39 Å². The van der Waals surface area contributed by atoms with Gasteiger partial charge >= 0.3 is 0 Å². The van der Waals surface area contributed by atoms with Crippen LogP contribution >= 0.6 is 11.3 Å². The van der Waals surface area contributed by atoms with Gasteiger partial charge in [0, 0.05) is 11.1 Å². The molecule has 0 fully saturated rings. The molecule has 0 aliphatic carbocycles. The van der Waals surface area contributed by atoms with Gasteiger partial charge in [0.25, 0.3) is 5.56 Å². The molecule has 0 radical (unpaired) electrons. The van der Waals surface area contributed by atoms with Crippen molar-refractivity contribution in [1.82, 2.24) is 14.8 Å². The van der Waals surface area contributed by atoms with Crippen molar-refractivity contribution in [2.75, 3.05) is 0 Å². The number of aromatic nitrogens is 3. The number of ketones is 1. The van der Waals surface area contributed by atoms with Crippen molar-refractivity contribution in [1.29, 1.82) is 0 Å². The first-order valence-corrected chi connectivity index (χ1v) is 9.07. The molecule has 0 saturated heterocycles. The molecule has 0 bridgehead atoms. The Bertz CT molecular complexity index is 1200. The molecule has 0 unspecified atom stereocenters. The van der Waals surface area contributed by atoms with Gasteiger partial charge in [-0.1, -0.05) is 30.3 Å². The van der Waals surface area contributed by atoms with Crippen molar-refractivity contribution in [2.24, 2.45) is 0 Å². The van der Waals surface area contributed by atoms with Crippen LogP contribution in [0.15, 0.2) is 59.4 Å². The summed E-state index contributed by atoms with van der Waals surface area (Å²) in [5, 5.41) is 5.20. The number of Topliss-reactive ketones (excluding diaryl/α,β-unsaturated/α-hetero) is 1. The summed E-state index contributed by atoms with van der Waals surface area (Å²) in [4.78, 5) is 29.6. The van der Waals surface area contributed by atoms with E-state index in [4.69, 9.17) is 0 Å². The lowest BCUT2D eigenvalue weighted by molar-refractivity contribution is 0.0966. The second kappa shape index (κ2) is 6.85. The largest absolute Gasteiger partial charge is 0.294 e. The summed E-state index contributed by atoms with van der Waals surface area (Å²) in [6.45, 7) is 1.59. The molecule has 2 aromatic heterocycles. The van der Waals surface area contributed by atoms with Crippen LogP contribution in [0.2, 0.25) is 0 Å². The van der Waals surface area contributed by atoms with Crippen LogP contribution in [0.3, 0.4) is 0 Å². The highest BCUT2D eigenvalue weighted by Crippen LogP contribution is 2.29. The summed E-state index contributed by atoms with van der Waals surface area (Å²) in [5.74, 6) is -0.748. The van der Waals surface area contributed by atoms with Gasteiger partial charge in [-0.2, -0.15) is 5.10 Å². The van der Waals surface area contributed by atoms with Crippen molar-refractivity contribution in [3.8, 4) is 11.3 Å². The number of fused-ring (bicyclic) bond motifs is 1. The zero-order valence-electron chi connectivity index (χ0n) is 14.3. The van der Waals surface area contributed by atoms with Gasteiger partial charge < -0.3 is 0 Å². The molecular formula is C20H14FN3O2S. The molecule has 4 rings (SSSR count). The number of rotatable bonds is 4. The van der Waals surface area contributed by atoms with Gasteiger partial charge in [0.2, 0.25) is 0 Å². The van der Waals surface area contributed by atoms with Gasteiger partial charge in [-0.05, 0) is 31.2 Å². The van der Waals surface area contributed by atoms with E-state index < -0.39 is 11.4 Å². The molecule has 2 aromatic carbocycles. The van der Waals surface area contributed by atoms with Crippen LogP contribution in [-0.4, -0.2) is 20.5 Å². The van der Waals surface area contributed by atoms with Gasteiger partial charge in [0.15, 0.2) is 11.3 Å². The van der Waals surface area contributed by atoms with E-state index in [0.717, 1.165) is 15.3 Å². The number of carbonyl (C=O) groups is 1. The molecule has 0 N–H and O–H groups in total. The Kier molecular flexibility index (Phi) is 4.37. The number of hydrogen-bond donors (Lipinski definition) is 0. The standard InChI is InChI=1S/C20H14FN3O2S/c1-12-22-18-19(27-12)17(14-5-3-2-4-6-14)23-24(20(18)26)11-16(25)13-7-9-15(21)10-8-13/h2-10H,11H2,1H3. The Morgan fingerprint density at radius 1 is 1.11 bits per heavy atom. The van der Waals surface area contributed by atoms with Crippen LogP contribution in [0.1, 0.15) is 15.4 Å². The molecule has 5 nitrogen and oxygen atoms in total. The number of nitrogens with zero attached hydrogens (tertiary/aromatic N) is 3. The highest BCUT2D eigenvalue weighted by molar-refractivity contribution is 7.19. The van der Waals surface area contributed by atoms with Crippen molar-refractivity contribution < 1.29 is 9.18 Å². The van der Waals surface area contributed by atoms with E-state index in [2.05, 4.69) is 10.1 Å². The lowest BCUT2D eigenvalue weighted by Crippen LogP contribution is -2.27. The number of aryl methyl sites for hydroxylation is 1. The first-order valence-electron chi connectivity index (χ1n) is 8.25. The summed E-state index contributed by atoms with van der Waals surface area (Å²) in [5.41, 5.74) is 1.67. The summed E-state index contributed by atoms with van der Waals surface area (Å²) >= 11 is 1.40. The minimum atomic E-state index is -0.424. The topological polar surface area (TPSA) is 64.8 Å². The van der Waals surface area contributed by atoms with Crippen molar-refractivity contribution in [3.05, 3.63) is 81.3 Å². The van der Waals surface area contributed by atoms with E-state index in [1.54, 1.807) is 0 Å². The van der Waals surface area contributed by atoms with Gasteiger partial charge in [-0.25, -0.2) is 14.1 Å². The van der Waals surface area contributed by atoms with Gasteiger partial charge in [-0.3, -0.25) is 9.59 Å². The number of halogens is 1. The number of hydrogen-bond acceptors (Lipinski definition) is 5. The van der Waals surface area contributed by atoms with Crippen molar-refractivity contribution in [3.63, 3.8) is 0 Å². The lowest BCUT2D eigenvalue weighted by Gasteiger charge is -2.08. The smallest absolute Gasteiger partial charge is 0.292 e. The first-order chi connectivity index (χ1) is 13.0. The van der Waals surface area contributed by atoms with Crippen LogP contribution < -0.4 is 5.56 Å². The lowest BCUT2D eigenvalue weighted by atomic mass is 10.1. The second-order valence-corrected chi connectivity index (χ2v) is 7.22. The summed E-state index contributed by atoms with van der Waals surface area (Å²) in [6, 6.07) is 14.7. The molecule has 0 aliphatic heterocycles. The summed E-state index contributed by atoms with van der Waals surface area (Å²) in [6.07, 6.45) is 0. The van der Waals surface area contributed by atoms with Crippen LogP contribution in [0.5, 0.6) is 0 Å². The highest BCUT2D eigenvalue weighted by Gasteiger charge is 2.18. The third-order valence-corrected chi connectivity index (χ3v) is 5.09. The monoisotopic (exact) mass is 379 g/mol. The normalized spacial score (nSPS) is 11.0. The quantitative estimate of drug-likeness (QED) is 0.505. The molecule has 0 amide bonds. The van der Waals surface area contributed by atoms with Crippen molar-refractivity contribution in [2.45, 2.75) is 13.5 Å². The average Bonchev–Trinajstić information content (AvgIpc) is 3.07. The average molecular weight is 379 g/mol. The molecule has 0 spiro atoms. The maximum atomic E-state index is 13.1. The Hall–Kier alpha value is -3.19. The predicted octanol–water partition coefficient (Wildman–Crippen LogP) is 3.85. The van der Waals surface area contributed by atoms with E-state index in [-0.39, 0.29) is 12.3 Å². The zero-order valence-corrected chi connectivity index (χ0v) is 15.2. The number of thiazole rings is 1.